The molecule has 0 saturated heterocycles. The summed E-state index contributed by atoms with van der Waals surface area (Å²) in [6, 6.07) is 19.6. The summed E-state index contributed by atoms with van der Waals surface area (Å²) in [7, 11) is 3.60. The number of hydrogen-bond acceptors (Lipinski definition) is 4. The Morgan fingerprint density at radius 2 is 1.77 bits per heavy atom. The smallest absolute Gasteiger partial charge is 0.238 e. The summed E-state index contributed by atoms with van der Waals surface area (Å²) in [6.07, 6.45) is 1.76. The summed E-state index contributed by atoms with van der Waals surface area (Å²) in [5, 5.41) is 12.2. The van der Waals surface area contributed by atoms with Gasteiger partial charge in [-0.15, -0.1) is 0 Å². The highest BCUT2D eigenvalue weighted by Crippen LogP contribution is 2.37. The molecule has 0 aliphatic rings. The first kappa shape index (κ1) is 20.0. The third-order valence-corrected chi connectivity index (χ3v) is 5.48. The van der Waals surface area contributed by atoms with E-state index in [9.17, 15) is 5.11 Å². The van der Waals surface area contributed by atoms with Crippen molar-refractivity contribution in [3.63, 3.8) is 0 Å². The first-order chi connectivity index (χ1) is 14.6. The van der Waals surface area contributed by atoms with Crippen LogP contribution in [0.5, 0.6) is 11.6 Å². The minimum absolute atomic E-state index is 0.513. The molecule has 5 nitrogen and oxygen atoms in total. The van der Waals surface area contributed by atoms with E-state index >= 15 is 0 Å². The number of aromatic nitrogens is 2. The number of benzene rings is 2. The number of aliphatic hydroxyl groups excluding tert-OH is 1. The van der Waals surface area contributed by atoms with E-state index in [4.69, 9.17) is 9.47 Å². The van der Waals surface area contributed by atoms with E-state index in [1.54, 1.807) is 13.3 Å². The van der Waals surface area contributed by atoms with Gasteiger partial charge < -0.3 is 19.1 Å². The maximum absolute atomic E-state index is 11.3. The second kappa shape index (κ2) is 8.59. The van der Waals surface area contributed by atoms with Crippen LogP contribution in [0.15, 0.2) is 66.9 Å². The van der Waals surface area contributed by atoms with Crippen molar-refractivity contribution in [1.29, 1.82) is 0 Å². The number of ether oxygens (including phenoxy) is 2. The van der Waals surface area contributed by atoms with Gasteiger partial charge in [0.1, 0.15) is 24.0 Å². The average molecular weight is 402 g/mol. The molecular formula is C25H26N2O3. The number of aryl methyl sites for hydroxylation is 1. The Kier molecular flexibility index (Phi) is 5.72. The van der Waals surface area contributed by atoms with Gasteiger partial charge in [-0.25, -0.2) is 4.98 Å². The first-order valence-corrected chi connectivity index (χ1v) is 10.1. The van der Waals surface area contributed by atoms with Gasteiger partial charge in [-0.1, -0.05) is 49.4 Å². The number of aliphatic hydroxyl groups is 1. The van der Waals surface area contributed by atoms with Crippen LogP contribution in [0.1, 0.15) is 35.4 Å². The van der Waals surface area contributed by atoms with Crippen LogP contribution in [0.2, 0.25) is 0 Å². The Balaban J connectivity index is 1.63. The molecule has 0 spiro atoms. The van der Waals surface area contributed by atoms with Crippen LogP contribution >= 0.6 is 0 Å². The molecule has 30 heavy (non-hydrogen) atoms. The molecule has 4 rings (SSSR count). The van der Waals surface area contributed by atoms with E-state index in [0.29, 0.717) is 12.5 Å². The summed E-state index contributed by atoms with van der Waals surface area (Å²) in [6.45, 7) is 2.60. The lowest BCUT2D eigenvalue weighted by atomic mass is 9.98. The van der Waals surface area contributed by atoms with Crippen LogP contribution in [-0.4, -0.2) is 21.8 Å². The monoisotopic (exact) mass is 402 g/mol. The lowest BCUT2D eigenvalue weighted by molar-refractivity contribution is 0.220. The highest BCUT2D eigenvalue weighted by Gasteiger charge is 2.24. The van der Waals surface area contributed by atoms with Gasteiger partial charge in [0.15, 0.2) is 0 Å². The third kappa shape index (κ3) is 3.64. The number of rotatable bonds is 7. The Morgan fingerprint density at radius 3 is 2.43 bits per heavy atom. The molecular weight excluding hydrogens is 376 g/mol. The van der Waals surface area contributed by atoms with Crippen molar-refractivity contribution >= 4 is 10.9 Å². The zero-order chi connectivity index (χ0) is 21.1. The van der Waals surface area contributed by atoms with Crippen LogP contribution in [0.25, 0.3) is 10.9 Å². The molecule has 2 aromatic heterocycles. The lowest BCUT2D eigenvalue weighted by Gasteiger charge is -2.14. The molecule has 1 atom stereocenters. The Hall–Kier alpha value is -3.31. The summed E-state index contributed by atoms with van der Waals surface area (Å²) < 4.78 is 13.4. The van der Waals surface area contributed by atoms with Crippen molar-refractivity contribution in [3.8, 4) is 11.6 Å². The predicted molar refractivity (Wildman–Crippen MR) is 118 cm³/mol. The summed E-state index contributed by atoms with van der Waals surface area (Å²) >= 11 is 0. The fraction of sp³-hybridized carbons (Fsp3) is 0.240. The first-order valence-electron chi connectivity index (χ1n) is 10.1. The Bertz CT molecular complexity index is 1130. The standard InChI is InChI=1S/C25H26N2O3/c1-4-21-22(20-14-15-26-25(29-3)23(20)27(21)2)24(28)18-10-12-19(13-11-18)30-16-17-8-6-5-7-9-17/h5-15,24,28H,4,16H2,1-3H3. The fourth-order valence-corrected chi connectivity index (χ4v) is 3.98. The Labute approximate surface area is 176 Å². The van der Waals surface area contributed by atoms with Crippen molar-refractivity contribution in [1.82, 2.24) is 9.55 Å². The van der Waals surface area contributed by atoms with E-state index in [1.807, 2.05) is 67.7 Å². The molecule has 0 amide bonds. The summed E-state index contributed by atoms with van der Waals surface area (Å²) in [4.78, 5) is 4.32. The molecule has 0 fully saturated rings. The fourth-order valence-electron chi connectivity index (χ4n) is 3.98. The van der Waals surface area contributed by atoms with Crippen LogP contribution in [-0.2, 0) is 20.1 Å². The zero-order valence-electron chi connectivity index (χ0n) is 17.5. The van der Waals surface area contributed by atoms with Gasteiger partial charge in [0, 0.05) is 29.9 Å². The second-order valence-electron chi connectivity index (χ2n) is 7.24. The van der Waals surface area contributed by atoms with Crippen LogP contribution < -0.4 is 9.47 Å². The van der Waals surface area contributed by atoms with E-state index in [0.717, 1.165) is 45.5 Å². The minimum atomic E-state index is -0.751. The topological polar surface area (TPSA) is 56.5 Å². The summed E-state index contributed by atoms with van der Waals surface area (Å²) in [5.74, 6) is 1.34. The number of pyridine rings is 1. The molecule has 0 aliphatic carbocycles. The van der Waals surface area contributed by atoms with Gasteiger partial charge in [-0.05, 0) is 35.7 Å². The number of fused-ring (bicyclic) bond motifs is 1. The molecule has 5 heteroatoms. The highest BCUT2D eigenvalue weighted by atomic mass is 16.5. The van der Waals surface area contributed by atoms with E-state index in [1.165, 1.54) is 0 Å². The maximum atomic E-state index is 11.3. The van der Waals surface area contributed by atoms with Crippen molar-refractivity contribution in [3.05, 3.63) is 89.2 Å². The van der Waals surface area contributed by atoms with Crippen molar-refractivity contribution in [2.45, 2.75) is 26.1 Å². The summed E-state index contributed by atoms with van der Waals surface area (Å²) in [5.41, 5.74) is 4.79. The lowest BCUT2D eigenvalue weighted by Crippen LogP contribution is -2.05. The molecule has 0 bridgehead atoms. The van der Waals surface area contributed by atoms with Crippen LogP contribution in [0, 0.1) is 0 Å². The molecule has 2 aromatic carbocycles. The second-order valence-corrected chi connectivity index (χ2v) is 7.24. The van der Waals surface area contributed by atoms with E-state index < -0.39 is 6.10 Å². The van der Waals surface area contributed by atoms with E-state index in [-0.39, 0.29) is 0 Å². The quantitative estimate of drug-likeness (QED) is 0.482. The largest absolute Gasteiger partial charge is 0.489 e. The number of methoxy groups -OCH3 is 1. The average Bonchev–Trinajstić information content (AvgIpc) is 3.10. The van der Waals surface area contributed by atoms with Gasteiger partial charge in [0.25, 0.3) is 0 Å². The molecule has 0 radical (unpaired) electrons. The maximum Gasteiger partial charge on any atom is 0.238 e. The van der Waals surface area contributed by atoms with Gasteiger partial charge in [0.2, 0.25) is 5.88 Å². The molecule has 1 unspecified atom stereocenters. The molecule has 0 saturated carbocycles. The third-order valence-electron chi connectivity index (χ3n) is 5.48. The van der Waals surface area contributed by atoms with Gasteiger partial charge in [-0.3, -0.25) is 0 Å². The van der Waals surface area contributed by atoms with Crippen molar-refractivity contribution < 1.29 is 14.6 Å². The molecule has 1 N–H and O–H groups in total. The normalized spacial score (nSPS) is 12.1. The predicted octanol–water partition coefficient (Wildman–Crippen LogP) is 4.81. The number of nitrogens with zero attached hydrogens (tertiary/aromatic N) is 2. The zero-order valence-corrected chi connectivity index (χ0v) is 17.5. The SMILES string of the molecule is CCc1c(C(O)c2ccc(OCc3ccccc3)cc2)c2ccnc(OC)c2n1C. The molecule has 2 heterocycles. The molecule has 154 valence electrons. The van der Waals surface area contributed by atoms with Gasteiger partial charge >= 0.3 is 0 Å². The highest BCUT2D eigenvalue weighted by molar-refractivity contribution is 5.89. The van der Waals surface area contributed by atoms with Crippen LogP contribution in [0.3, 0.4) is 0 Å². The Morgan fingerprint density at radius 1 is 1.03 bits per heavy atom. The van der Waals surface area contributed by atoms with Crippen molar-refractivity contribution in [2.24, 2.45) is 7.05 Å². The minimum Gasteiger partial charge on any atom is -0.489 e. The van der Waals surface area contributed by atoms with Gasteiger partial charge in [0.05, 0.1) is 7.11 Å². The van der Waals surface area contributed by atoms with Crippen molar-refractivity contribution in [2.75, 3.05) is 7.11 Å². The molecule has 0 aliphatic heterocycles. The van der Waals surface area contributed by atoms with Gasteiger partial charge in [-0.2, -0.15) is 0 Å². The van der Waals surface area contributed by atoms with E-state index in [2.05, 4.69) is 16.5 Å². The number of hydrogen-bond donors (Lipinski definition) is 1. The molecule has 4 aromatic rings. The van der Waals surface area contributed by atoms with Crippen LogP contribution in [0.4, 0.5) is 0 Å².